The van der Waals surface area contributed by atoms with Crippen LogP contribution in [0.5, 0.6) is 5.75 Å². The Kier molecular flexibility index (Phi) is 6.49. The molecule has 2 aromatic rings. The first-order valence-corrected chi connectivity index (χ1v) is 10.9. The van der Waals surface area contributed by atoms with Gasteiger partial charge in [-0.1, -0.05) is 55.9 Å². The number of halogens is 2. The molecule has 1 heterocycles. The van der Waals surface area contributed by atoms with Crippen LogP contribution in [0.4, 0.5) is 14.5 Å². The highest BCUT2D eigenvalue weighted by atomic mass is 32.2. The molecule has 0 aromatic heterocycles. The van der Waals surface area contributed by atoms with Gasteiger partial charge in [0.05, 0.1) is 5.70 Å². The number of ether oxygens (including phenoxy) is 1. The Morgan fingerprint density at radius 3 is 2.34 bits per heavy atom. The van der Waals surface area contributed by atoms with Crippen molar-refractivity contribution in [2.45, 2.75) is 26.4 Å². The van der Waals surface area contributed by atoms with Gasteiger partial charge in [-0.3, -0.25) is 4.31 Å². The van der Waals surface area contributed by atoms with Crippen LogP contribution in [0.2, 0.25) is 0 Å². The Bertz CT molecular complexity index is 1010. The van der Waals surface area contributed by atoms with Gasteiger partial charge in [-0.15, -0.1) is 0 Å². The SMILES string of the molecule is CCCCN1C(=S)C(Nc2ccc(OC(F)F)cc2)=C(c2ccccc2)S1(=O)=O. The van der Waals surface area contributed by atoms with Gasteiger partial charge in [-0.25, -0.2) is 8.42 Å². The summed E-state index contributed by atoms with van der Waals surface area (Å²) in [6, 6.07) is 14.5. The maximum atomic E-state index is 13.2. The molecule has 0 amide bonds. The van der Waals surface area contributed by atoms with Crippen LogP contribution in [0.3, 0.4) is 0 Å². The lowest BCUT2D eigenvalue weighted by Crippen LogP contribution is -2.32. The van der Waals surface area contributed by atoms with Crippen LogP contribution in [0, 0.1) is 0 Å². The van der Waals surface area contributed by atoms with Crippen LogP contribution >= 0.6 is 12.2 Å². The van der Waals surface area contributed by atoms with E-state index in [0.717, 1.165) is 6.42 Å². The van der Waals surface area contributed by atoms with Crippen molar-refractivity contribution >= 4 is 37.8 Å². The van der Waals surface area contributed by atoms with Crippen LogP contribution in [-0.4, -0.2) is 30.9 Å². The Labute approximate surface area is 174 Å². The lowest BCUT2D eigenvalue weighted by atomic mass is 10.1. The molecular formula is C20H20F2N2O3S2. The summed E-state index contributed by atoms with van der Waals surface area (Å²) in [5.74, 6) is 0.00834. The van der Waals surface area contributed by atoms with Crippen molar-refractivity contribution in [2.24, 2.45) is 0 Å². The highest BCUT2D eigenvalue weighted by molar-refractivity contribution is 8.01. The third kappa shape index (κ3) is 4.56. The molecule has 0 fully saturated rings. The van der Waals surface area contributed by atoms with E-state index in [0.29, 0.717) is 29.9 Å². The predicted molar refractivity (Wildman–Crippen MR) is 113 cm³/mol. The number of anilines is 1. The monoisotopic (exact) mass is 438 g/mol. The molecule has 0 unspecified atom stereocenters. The number of thiocarbonyl (C=S) groups is 1. The zero-order valence-corrected chi connectivity index (χ0v) is 17.3. The number of nitrogens with zero attached hydrogens (tertiary/aromatic N) is 1. The Morgan fingerprint density at radius 1 is 1.10 bits per heavy atom. The Morgan fingerprint density at radius 2 is 1.76 bits per heavy atom. The van der Waals surface area contributed by atoms with E-state index in [2.05, 4.69) is 10.1 Å². The van der Waals surface area contributed by atoms with Gasteiger partial charge in [0.1, 0.15) is 15.6 Å². The highest BCUT2D eigenvalue weighted by Crippen LogP contribution is 2.37. The molecule has 0 atom stereocenters. The number of rotatable bonds is 8. The highest BCUT2D eigenvalue weighted by Gasteiger charge is 2.41. The van der Waals surface area contributed by atoms with Gasteiger partial charge in [0.2, 0.25) is 0 Å². The van der Waals surface area contributed by atoms with Crippen LogP contribution in [0.25, 0.3) is 4.91 Å². The summed E-state index contributed by atoms with van der Waals surface area (Å²) in [5.41, 5.74) is 1.32. The normalized spacial score (nSPS) is 15.9. The molecule has 29 heavy (non-hydrogen) atoms. The van der Waals surface area contributed by atoms with Crippen LogP contribution in [0.15, 0.2) is 60.3 Å². The first-order valence-electron chi connectivity index (χ1n) is 9.03. The molecule has 2 aromatic carbocycles. The molecule has 0 saturated heterocycles. The second kappa shape index (κ2) is 8.87. The number of unbranched alkanes of at least 4 members (excludes halogenated alkanes) is 1. The molecule has 0 saturated carbocycles. The summed E-state index contributed by atoms with van der Waals surface area (Å²) in [6.45, 7) is -0.652. The summed E-state index contributed by atoms with van der Waals surface area (Å²) in [5, 5.41) is 3.06. The second-order valence-corrected chi connectivity index (χ2v) is 8.52. The van der Waals surface area contributed by atoms with Crippen molar-refractivity contribution in [3.63, 3.8) is 0 Å². The third-order valence-corrected chi connectivity index (χ3v) is 6.76. The Hall–Kier alpha value is -2.52. The van der Waals surface area contributed by atoms with E-state index in [9.17, 15) is 17.2 Å². The summed E-state index contributed by atoms with van der Waals surface area (Å²) in [4.78, 5) is 0.289. The molecule has 1 aliphatic rings. The average molecular weight is 439 g/mol. The van der Waals surface area contributed by atoms with Gasteiger partial charge < -0.3 is 10.1 Å². The largest absolute Gasteiger partial charge is 0.435 e. The number of nitrogens with one attached hydrogen (secondary N) is 1. The quantitative estimate of drug-likeness (QED) is 0.598. The van der Waals surface area contributed by atoms with Crippen molar-refractivity contribution in [1.29, 1.82) is 0 Å². The number of hydrogen-bond acceptors (Lipinski definition) is 5. The number of alkyl halides is 2. The number of sulfonamides is 1. The van der Waals surface area contributed by atoms with Crippen molar-refractivity contribution in [1.82, 2.24) is 4.31 Å². The first-order chi connectivity index (χ1) is 13.8. The second-order valence-electron chi connectivity index (χ2n) is 6.33. The van der Waals surface area contributed by atoms with E-state index >= 15 is 0 Å². The van der Waals surface area contributed by atoms with Crippen molar-refractivity contribution < 1.29 is 21.9 Å². The molecule has 3 rings (SSSR count). The minimum absolute atomic E-state index is 0.00834. The van der Waals surface area contributed by atoms with Gasteiger partial charge >= 0.3 is 6.61 Å². The topological polar surface area (TPSA) is 58.6 Å². The first kappa shape index (κ1) is 21.2. The molecule has 0 bridgehead atoms. The zero-order chi connectivity index (χ0) is 21.0. The molecule has 5 nitrogen and oxygen atoms in total. The standard InChI is InChI=1S/C20H20F2N2O3S2/c1-2-3-13-24-19(28)17(18(29(24,25)26)14-7-5-4-6-8-14)23-15-9-11-16(12-10-15)27-20(21)22/h4-12,20,23H,2-3,13H2,1H3. The fourth-order valence-electron chi connectivity index (χ4n) is 2.95. The smallest absolute Gasteiger partial charge is 0.387 e. The van der Waals surface area contributed by atoms with E-state index in [1.165, 1.54) is 28.6 Å². The van der Waals surface area contributed by atoms with Gasteiger partial charge in [-0.05, 0) is 36.2 Å². The van der Waals surface area contributed by atoms with E-state index < -0.39 is 16.6 Å². The number of hydrogen-bond donors (Lipinski definition) is 1. The van der Waals surface area contributed by atoms with E-state index in [4.69, 9.17) is 12.2 Å². The maximum Gasteiger partial charge on any atom is 0.387 e. The molecule has 154 valence electrons. The fraction of sp³-hybridized carbons (Fsp3) is 0.250. The van der Waals surface area contributed by atoms with Crippen LogP contribution < -0.4 is 10.1 Å². The van der Waals surface area contributed by atoms with Crippen molar-refractivity contribution in [2.75, 3.05) is 11.9 Å². The van der Waals surface area contributed by atoms with Crippen molar-refractivity contribution in [3.05, 3.63) is 65.9 Å². The summed E-state index contributed by atoms with van der Waals surface area (Å²) < 4.78 is 56.7. The maximum absolute atomic E-state index is 13.2. The third-order valence-electron chi connectivity index (χ3n) is 4.32. The van der Waals surface area contributed by atoms with Crippen molar-refractivity contribution in [3.8, 4) is 5.75 Å². The average Bonchev–Trinajstić information content (AvgIpc) is 2.87. The fourth-order valence-corrected chi connectivity index (χ4v) is 5.29. The predicted octanol–water partition coefficient (Wildman–Crippen LogP) is 4.84. The number of benzene rings is 2. The minimum Gasteiger partial charge on any atom is -0.435 e. The van der Waals surface area contributed by atoms with E-state index in [1.807, 2.05) is 6.92 Å². The minimum atomic E-state index is -3.81. The van der Waals surface area contributed by atoms with Gasteiger partial charge in [-0.2, -0.15) is 8.78 Å². The zero-order valence-electron chi connectivity index (χ0n) is 15.6. The lowest BCUT2D eigenvalue weighted by molar-refractivity contribution is -0.0498. The molecule has 1 aliphatic heterocycles. The van der Waals surface area contributed by atoms with Gasteiger partial charge in [0.15, 0.2) is 0 Å². The van der Waals surface area contributed by atoms with Crippen LogP contribution in [-0.2, 0) is 10.0 Å². The van der Waals surface area contributed by atoms with Crippen LogP contribution in [0.1, 0.15) is 25.3 Å². The molecule has 0 aliphatic carbocycles. The molecule has 1 N–H and O–H groups in total. The Balaban J connectivity index is 2.00. The van der Waals surface area contributed by atoms with Gasteiger partial charge in [0.25, 0.3) is 10.0 Å². The summed E-state index contributed by atoms with van der Waals surface area (Å²) in [6.07, 6.45) is 1.50. The van der Waals surface area contributed by atoms with Gasteiger partial charge in [0, 0.05) is 12.2 Å². The molecule has 0 radical (unpaired) electrons. The molecule has 0 spiro atoms. The molecule has 9 heteroatoms. The van der Waals surface area contributed by atoms with E-state index in [1.54, 1.807) is 30.3 Å². The summed E-state index contributed by atoms with van der Waals surface area (Å²) >= 11 is 5.49. The summed E-state index contributed by atoms with van der Waals surface area (Å²) in [7, 11) is -3.81. The molecular weight excluding hydrogens is 418 g/mol. The lowest BCUT2D eigenvalue weighted by Gasteiger charge is -2.18. The van der Waals surface area contributed by atoms with E-state index in [-0.39, 0.29) is 15.6 Å².